The van der Waals surface area contributed by atoms with Crippen molar-refractivity contribution in [2.75, 3.05) is 6.61 Å². The van der Waals surface area contributed by atoms with Gasteiger partial charge in [-0.1, -0.05) is 35.9 Å². The SMILES string of the molecule is CCOC(C)OC(/C=C/I)C1CC(CC)C1. The van der Waals surface area contributed by atoms with Crippen LogP contribution >= 0.6 is 22.6 Å². The maximum Gasteiger partial charge on any atom is 0.155 e. The molecule has 1 aliphatic rings. The van der Waals surface area contributed by atoms with E-state index >= 15 is 0 Å². The van der Waals surface area contributed by atoms with Crippen LogP contribution in [0.2, 0.25) is 0 Å². The van der Waals surface area contributed by atoms with Gasteiger partial charge in [-0.15, -0.1) is 0 Å². The molecule has 0 aromatic rings. The molecule has 0 aromatic heterocycles. The summed E-state index contributed by atoms with van der Waals surface area (Å²) in [4.78, 5) is 0. The highest BCUT2D eigenvalue weighted by Gasteiger charge is 2.34. The summed E-state index contributed by atoms with van der Waals surface area (Å²) in [5.74, 6) is 1.61. The Kier molecular flexibility index (Phi) is 6.92. The number of hydrogen-bond acceptors (Lipinski definition) is 2. The first-order valence-electron chi connectivity index (χ1n) is 6.25. The lowest BCUT2D eigenvalue weighted by molar-refractivity contribution is -0.167. The zero-order chi connectivity index (χ0) is 12.0. The molecular formula is C13H23IO2. The van der Waals surface area contributed by atoms with Crippen molar-refractivity contribution < 1.29 is 9.47 Å². The molecule has 1 aliphatic carbocycles. The highest BCUT2D eigenvalue weighted by Crippen LogP contribution is 2.39. The third-order valence-electron chi connectivity index (χ3n) is 3.33. The molecule has 0 saturated heterocycles. The Morgan fingerprint density at radius 2 is 2.06 bits per heavy atom. The highest BCUT2D eigenvalue weighted by molar-refractivity contribution is 14.1. The molecule has 2 nitrogen and oxygen atoms in total. The molecule has 0 aliphatic heterocycles. The Balaban J connectivity index is 2.36. The van der Waals surface area contributed by atoms with E-state index in [0.717, 1.165) is 5.92 Å². The molecule has 0 N–H and O–H groups in total. The minimum Gasteiger partial charge on any atom is -0.353 e. The molecule has 3 heteroatoms. The van der Waals surface area contributed by atoms with Crippen molar-refractivity contribution in [1.82, 2.24) is 0 Å². The summed E-state index contributed by atoms with van der Waals surface area (Å²) in [6.07, 6.45) is 6.22. The molecule has 0 aromatic carbocycles. The first-order valence-corrected chi connectivity index (χ1v) is 7.49. The average Bonchev–Trinajstić information content (AvgIpc) is 2.16. The third kappa shape index (κ3) is 4.34. The van der Waals surface area contributed by atoms with Crippen LogP contribution in [0.1, 0.15) is 40.0 Å². The lowest BCUT2D eigenvalue weighted by Crippen LogP contribution is -2.36. The van der Waals surface area contributed by atoms with Gasteiger partial charge in [0.15, 0.2) is 6.29 Å². The summed E-state index contributed by atoms with van der Waals surface area (Å²) in [5.41, 5.74) is 0. The first kappa shape index (κ1) is 14.5. The quantitative estimate of drug-likeness (QED) is 0.513. The predicted molar refractivity (Wildman–Crippen MR) is 75.6 cm³/mol. The van der Waals surface area contributed by atoms with E-state index in [2.05, 4.69) is 39.7 Å². The Morgan fingerprint density at radius 3 is 2.56 bits per heavy atom. The summed E-state index contributed by atoms with van der Waals surface area (Å²) in [6, 6.07) is 0. The number of halogens is 1. The van der Waals surface area contributed by atoms with Crippen LogP contribution in [0.5, 0.6) is 0 Å². The van der Waals surface area contributed by atoms with Gasteiger partial charge in [-0.05, 0) is 48.7 Å². The lowest BCUT2D eigenvalue weighted by Gasteiger charge is -2.39. The van der Waals surface area contributed by atoms with Crippen LogP contribution in [0.4, 0.5) is 0 Å². The molecule has 0 heterocycles. The summed E-state index contributed by atoms with van der Waals surface area (Å²) in [5, 5.41) is 0. The molecule has 0 radical (unpaired) electrons. The molecule has 2 atom stereocenters. The Morgan fingerprint density at radius 1 is 1.38 bits per heavy atom. The third-order valence-corrected chi connectivity index (χ3v) is 3.74. The van der Waals surface area contributed by atoms with E-state index < -0.39 is 0 Å². The summed E-state index contributed by atoms with van der Waals surface area (Å²) >= 11 is 2.26. The molecule has 94 valence electrons. The Bertz CT molecular complexity index is 212. The topological polar surface area (TPSA) is 18.5 Å². The standard InChI is InChI=1S/C13H23IO2/c1-4-11-8-12(9-11)13(6-7-14)16-10(3)15-5-2/h6-7,10-13H,4-5,8-9H2,1-3H3/b7-6+. The van der Waals surface area contributed by atoms with Crippen LogP contribution in [0.15, 0.2) is 10.2 Å². The van der Waals surface area contributed by atoms with E-state index in [9.17, 15) is 0 Å². The molecule has 0 amide bonds. The summed E-state index contributed by atoms with van der Waals surface area (Å²) < 4.78 is 13.4. The second-order valence-electron chi connectivity index (χ2n) is 4.45. The molecule has 0 spiro atoms. The number of ether oxygens (including phenoxy) is 2. The monoisotopic (exact) mass is 338 g/mol. The maximum atomic E-state index is 5.91. The van der Waals surface area contributed by atoms with Gasteiger partial charge in [-0.3, -0.25) is 0 Å². The van der Waals surface area contributed by atoms with Crippen LogP contribution in [0.25, 0.3) is 0 Å². The van der Waals surface area contributed by atoms with E-state index in [1.165, 1.54) is 19.3 Å². The fourth-order valence-electron chi connectivity index (χ4n) is 2.27. The molecule has 16 heavy (non-hydrogen) atoms. The number of hydrogen-bond donors (Lipinski definition) is 0. The van der Waals surface area contributed by atoms with Crippen LogP contribution < -0.4 is 0 Å². The fraction of sp³-hybridized carbons (Fsp3) is 0.846. The van der Waals surface area contributed by atoms with Crippen LogP contribution in [-0.4, -0.2) is 19.0 Å². The van der Waals surface area contributed by atoms with E-state index in [1.807, 2.05) is 13.8 Å². The molecule has 2 unspecified atom stereocenters. The normalized spacial score (nSPS) is 29.0. The van der Waals surface area contributed by atoms with Gasteiger partial charge in [-0.2, -0.15) is 0 Å². The largest absolute Gasteiger partial charge is 0.353 e. The van der Waals surface area contributed by atoms with Gasteiger partial charge >= 0.3 is 0 Å². The van der Waals surface area contributed by atoms with Crippen molar-refractivity contribution in [2.24, 2.45) is 11.8 Å². The van der Waals surface area contributed by atoms with Crippen molar-refractivity contribution >= 4 is 22.6 Å². The van der Waals surface area contributed by atoms with Gasteiger partial charge in [-0.25, -0.2) is 0 Å². The van der Waals surface area contributed by atoms with Gasteiger partial charge in [0.2, 0.25) is 0 Å². The summed E-state index contributed by atoms with van der Waals surface area (Å²) in [6.45, 7) is 6.96. The van der Waals surface area contributed by atoms with Crippen molar-refractivity contribution in [2.45, 2.75) is 52.4 Å². The van der Waals surface area contributed by atoms with Gasteiger partial charge in [0, 0.05) is 6.61 Å². The molecule has 1 rings (SSSR count). The van der Waals surface area contributed by atoms with E-state index in [0.29, 0.717) is 12.5 Å². The average molecular weight is 338 g/mol. The van der Waals surface area contributed by atoms with E-state index in [1.54, 1.807) is 0 Å². The smallest absolute Gasteiger partial charge is 0.155 e. The molecule has 1 saturated carbocycles. The predicted octanol–water partition coefficient (Wildman–Crippen LogP) is 4.14. The van der Waals surface area contributed by atoms with Crippen molar-refractivity contribution in [1.29, 1.82) is 0 Å². The van der Waals surface area contributed by atoms with Gasteiger partial charge in [0.1, 0.15) is 0 Å². The summed E-state index contributed by atoms with van der Waals surface area (Å²) in [7, 11) is 0. The highest BCUT2D eigenvalue weighted by atomic mass is 127. The van der Waals surface area contributed by atoms with E-state index in [4.69, 9.17) is 9.47 Å². The van der Waals surface area contributed by atoms with Gasteiger partial charge < -0.3 is 9.47 Å². The second-order valence-corrected chi connectivity index (χ2v) is 5.17. The first-order chi connectivity index (χ1) is 7.71. The van der Waals surface area contributed by atoms with Crippen molar-refractivity contribution in [3.8, 4) is 0 Å². The zero-order valence-electron chi connectivity index (χ0n) is 10.5. The van der Waals surface area contributed by atoms with Crippen LogP contribution in [-0.2, 0) is 9.47 Å². The second kappa shape index (κ2) is 7.67. The zero-order valence-corrected chi connectivity index (χ0v) is 12.6. The number of rotatable bonds is 7. The maximum absolute atomic E-state index is 5.91. The Hall–Kier alpha value is 0.390. The van der Waals surface area contributed by atoms with Crippen molar-refractivity contribution in [3.63, 3.8) is 0 Å². The lowest BCUT2D eigenvalue weighted by atomic mass is 9.71. The molecular weight excluding hydrogens is 315 g/mol. The Labute approximate surface area is 113 Å². The van der Waals surface area contributed by atoms with Gasteiger partial charge in [0.25, 0.3) is 0 Å². The van der Waals surface area contributed by atoms with E-state index in [-0.39, 0.29) is 12.4 Å². The van der Waals surface area contributed by atoms with Crippen LogP contribution in [0, 0.1) is 11.8 Å². The molecule has 1 fully saturated rings. The minimum atomic E-state index is -0.0942. The van der Waals surface area contributed by atoms with Gasteiger partial charge in [0.05, 0.1) is 6.10 Å². The minimum absolute atomic E-state index is 0.0942. The van der Waals surface area contributed by atoms with Crippen LogP contribution in [0.3, 0.4) is 0 Å². The molecule has 0 bridgehead atoms. The fourth-order valence-corrected chi connectivity index (χ4v) is 2.68. The van der Waals surface area contributed by atoms with Crippen molar-refractivity contribution in [3.05, 3.63) is 10.2 Å².